The summed E-state index contributed by atoms with van der Waals surface area (Å²) in [4.78, 5) is 21.1. The van der Waals surface area contributed by atoms with Gasteiger partial charge in [0.15, 0.2) is 5.65 Å². The number of fused-ring (bicyclic) bond motifs is 1. The lowest BCUT2D eigenvalue weighted by atomic mass is 10.1. The predicted octanol–water partition coefficient (Wildman–Crippen LogP) is 2.99. The van der Waals surface area contributed by atoms with E-state index in [0.29, 0.717) is 24.4 Å². The Hall–Kier alpha value is -2.87. The summed E-state index contributed by atoms with van der Waals surface area (Å²) in [7, 11) is 0. The molecule has 3 aromatic rings. The number of nitrogens with one attached hydrogen (secondary N) is 1. The number of aromatic nitrogens is 3. The fraction of sp³-hybridized carbons (Fsp3) is 0.316. The van der Waals surface area contributed by atoms with Gasteiger partial charge in [0, 0.05) is 37.6 Å². The summed E-state index contributed by atoms with van der Waals surface area (Å²) in [6, 6.07) is 5.50. The second-order valence-corrected chi connectivity index (χ2v) is 6.45. The minimum absolute atomic E-state index is 0.177. The summed E-state index contributed by atoms with van der Waals surface area (Å²) in [5, 5.41) is 2.52. The second-order valence-electron chi connectivity index (χ2n) is 6.45. The monoisotopic (exact) mass is 372 g/mol. The van der Waals surface area contributed by atoms with E-state index in [1.165, 1.54) is 12.3 Å². The summed E-state index contributed by atoms with van der Waals surface area (Å²) in [6.45, 7) is 1.17. The Balaban J connectivity index is 1.51. The minimum Gasteiger partial charge on any atom is -0.381 e. The number of hydrogen-bond acceptors (Lipinski definition) is 4. The van der Waals surface area contributed by atoms with E-state index in [9.17, 15) is 13.6 Å². The third-order valence-corrected chi connectivity index (χ3v) is 4.75. The van der Waals surface area contributed by atoms with Crippen LogP contribution in [0.1, 0.15) is 34.8 Å². The molecule has 8 heteroatoms. The fourth-order valence-corrected chi connectivity index (χ4v) is 3.25. The molecule has 140 valence electrons. The van der Waals surface area contributed by atoms with Crippen molar-refractivity contribution in [2.75, 3.05) is 13.2 Å². The summed E-state index contributed by atoms with van der Waals surface area (Å²) in [6.07, 6.45) is 4.96. The van der Waals surface area contributed by atoms with Gasteiger partial charge in [-0.1, -0.05) is 6.07 Å². The number of rotatable bonds is 4. The molecule has 0 unspecified atom stereocenters. The zero-order valence-corrected chi connectivity index (χ0v) is 14.5. The maximum atomic E-state index is 13.7. The number of hydrogen-bond donors (Lipinski definition) is 1. The van der Waals surface area contributed by atoms with Crippen LogP contribution in [0.2, 0.25) is 0 Å². The zero-order chi connectivity index (χ0) is 18.8. The summed E-state index contributed by atoms with van der Waals surface area (Å²) >= 11 is 0. The van der Waals surface area contributed by atoms with Gasteiger partial charge in [-0.15, -0.1) is 0 Å². The summed E-state index contributed by atoms with van der Waals surface area (Å²) < 4.78 is 34.7. The Kier molecular flexibility index (Phi) is 4.81. The van der Waals surface area contributed by atoms with Crippen molar-refractivity contribution in [1.29, 1.82) is 0 Å². The standard InChI is InChI=1S/C19H18F2N4O2/c20-15-2-1-3-16(21)14(15)10-23-19(26)12-8-17-18(22-9-12)25(11-24-17)13-4-6-27-7-5-13/h1-3,8-9,11,13H,4-7,10H2,(H,23,26). The normalized spacial score (nSPS) is 15.2. The van der Waals surface area contributed by atoms with Crippen LogP contribution in [0.5, 0.6) is 0 Å². The first-order chi connectivity index (χ1) is 13.1. The summed E-state index contributed by atoms with van der Waals surface area (Å²) in [5.41, 5.74) is 1.42. The molecule has 1 saturated heterocycles. The molecule has 1 N–H and O–H groups in total. The number of nitrogens with zero attached hydrogens (tertiary/aromatic N) is 3. The highest BCUT2D eigenvalue weighted by Crippen LogP contribution is 2.24. The summed E-state index contributed by atoms with van der Waals surface area (Å²) in [5.74, 6) is -1.86. The lowest BCUT2D eigenvalue weighted by Gasteiger charge is -2.23. The van der Waals surface area contributed by atoms with Crippen LogP contribution >= 0.6 is 0 Å². The van der Waals surface area contributed by atoms with Crippen molar-refractivity contribution in [2.45, 2.75) is 25.4 Å². The molecule has 6 nitrogen and oxygen atoms in total. The van der Waals surface area contributed by atoms with E-state index in [1.54, 1.807) is 12.4 Å². The van der Waals surface area contributed by atoms with Gasteiger partial charge < -0.3 is 14.6 Å². The molecule has 4 rings (SSSR count). The second kappa shape index (κ2) is 7.40. The van der Waals surface area contributed by atoms with E-state index in [1.807, 2.05) is 4.57 Å². The molecule has 0 radical (unpaired) electrons. The largest absolute Gasteiger partial charge is 0.381 e. The molecule has 0 atom stereocenters. The molecule has 1 aromatic carbocycles. The topological polar surface area (TPSA) is 69.0 Å². The Morgan fingerprint density at radius 1 is 1.22 bits per heavy atom. The van der Waals surface area contributed by atoms with E-state index >= 15 is 0 Å². The Labute approximate surface area is 154 Å². The number of carbonyl (C=O) groups is 1. The third kappa shape index (κ3) is 3.52. The van der Waals surface area contributed by atoms with Crippen LogP contribution < -0.4 is 5.32 Å². The zero-order valence-electron chi connectivity index (χ0n) is 14.5. The van der Waals surface area contributed by atoms with Gasteiger partial charge in [0.1, 0.15) is 17.2 Å². The Morgan fingerprint density at radius 2 is 1.96 bits per heavy atom. The molecule has 1 amide bonds. The van der Waals surface area contributed by atoms with Crippen molar-refractivity contribution in [3.8, 4) is 0 Å². The van der Waals surface area contributed by atoms with Crippen molar-refractivity contribution in [2.24, 2.45) is 0 Å². The van der Waals surface area contributed by atoms with Crippen LogP contribution in [-0.2, 0) is 11.3 Å². The van der Waals surface area contributed by atoms with Crippen LogP contribution in [0.3, 0.4) is 0 Å². The van der Waals surface area contributed by atoms with Gasteiger partial charge in [-0.25, -0.2) is 18.7 Å². The molecule has 0 aliphatic carbocycles. The highest BCUT2D eigenvalue weighted by molar-refractivity contribution is 5.96. The highest BCUT2D eigenvalue weighted by Gasteiger charge is 2.19. The number of amides is 1. The van der Waals surface area contributed by atoms with Crippen LogP contribution in [0.25, 0.3) is 11.2 Å². The smallest absolute Gasteiger partial charge is 0.253 e. The van der Waals surface area contributed by atoms with E-state index in [-0.39, 0.29) is 23.7 Å². The number of carbonyl (C=O) groups excluding carboxylic acids is 1. The first-order valence-corrected chi connectivity index (χ1v) is 8.75. The highest BCUT2D eigenvalue weighted by atomic mass is 19.1. The maximum absolute atomic E-state index is 13.7. The lowest BCUT2D eigenvalue weighted by molar-refractivity contribution is 0.0704. The average Bonchev–Trinajstić information content (AvgIpc) is 3.11. The predicted molar refractivity (Wildman–Crippen MR) is 94.1 cm³/mol. The number of pyridine rings is 1. The SMILES string of the molecule is O=C(NCc1c(F)cccc1F)c1cnc2c(c1)ncn2C1CCOCC1. The number of benzene rings is 1. The molecular formula is C19H18F2N4O2. The third-order valence-electron chi connectivity index (χ3n) is 4.75. The van der Waals surface area contributed by atoms with Gasteiger partial charge in [-0.05, 0) is 31.0 Å². The van der Waals surface area contributed by atoms with Gasteiger partial charge in [0.2, 0.25) is 0 Å². The van der Waals surface area contributed by atoms with Crippen molar-refractivity contribution in [3.63, 3.8) is 0 Å². The molecule has 0 saturated carbocycles. The van der Waals surface area contributed by atoms with Crippen LogP contribution in [0.15, 0.2) is 36.8 Å². The van der Waals surface area contributed by atoms with Gasteiger partial charge in [0.05, 0.1) is 11.9 Å². The molecule has 0 spiro atoms. The van der Waals surface area contributed by atoms with Crippen LogP contribution in [-0.4, -0.2) is 33.7 Å². The molecule has 2 aromatic heterocycles. The van der Waals surface area contributed by atoms with E-state index in [0.717, 1.165) is 25.0 Å². The van der Waals surface area contributed by atoms with Gasteiger partial charge >= 0.3 is 0 Å². The lowest BCUT2D eigenvalue weighted by Crippen LogP contribution is -2.24. The maximum Gasteiger partial charge on any atom is 0.253 e. The van der Waals surface area contributed by atoms with Crippen LogP contribution in [0.4, 0.5) is 8.78 Å². The number of ether oxygens (including phenoxy) is 1. The number of imidazole rings is 1. The first-order valence-electron chi connectivity index (χ1n) is 8.75. The van der Waals surface area contributed by atoms with E-state index in [2.05, 4.69) is 15.3 Å². The molecule has 1 aliphatic heterocycles. The first kappa shape index (κ1) is 17.5. The fourth-order valence-electron chi connectivity index (χ4n) is 3.25. The Bertz CT molecular complexity index is 963. The van der Waals surface area contributed by atoms with E-state index < -0.39 is 17.5 Å². The van der Waals surface area contributed by atoms with Crippen LogP contribution in [0, 0.1) is 11.6 Å². The molecule has 0 bridgehead atoms. The van der Waals surface area contributed by atoms with Gasteiger partial charge in [-0.2, -0.15) is 0 Å². The average molecular weight is 372 g/mol. The van der Waals surface area contributed by atoms with Gasteiger partial charge in [-0.3, -0.25) is 4.79 Å². The van der Waals surface area contributed by atoms with Crippen molar-refractivity contribution in [1.82, 2.24) is 19.9 Å². The van der Waals surface area contributed by atoms with Gasteiger partial charge in [0.25, 0.3) is 5.91 Å². The molecule has 27 heavy (non-hydrogen) atoms. The quantitative estimate of drug-likeness (QED) is 0.764. The van der Waals surface area contributed by atoms with Crippen molar-refractivity contribution < 1.29 is 18.3 Å². The molecule has 1 fully saturated rings. The van der Waals surface area contributed by atoms with Crippen molar-refractivity contribution >= 4 is 17.1 Å². The molecule has 1 aliphatic rings. The Morgan fingerprint density at radius 3 is 2.70 bits per heavy atom. The molecule has 3 heterocycles. The van der Waals surface area contributed by atoms with E-state index in [4.69, 9.17) is 4.74 Å². The van der Waals surface area contributed by atoms with Crippen molar-refractivity contribution in [3.05, 3.63) is 59.6 Å². The minimum atomic E-state index is -0.695. The number of halogens is 2. The molecular weight excluding hydrogens is 354 g/mol.